The van der Waals surface area contributed by atoms with E-state index in [0.29, 0.717) is 16.9 Å². The minimum Gasteiger partial charge on any atom is -0.465 e. The highest BCUT2D eigenvalue weighted by atomic mass is 16.5. The van der Waals surface area contributed by atoms with Gasteiger partial charge in [0.05, 0.1) is 12.7 Å². The van der Waals surface area contributed by atoms with Crippen LogP contribution in [0.5, 0.6) is 5.75 Å². The van der Waals surface area contributed by atoms with Crippen molar-refractivity contribution in [3.8, 4) is 5.75 Å². The molecule has 0 atom stereocenters. The number of hydrogen-bond acceptors (Lipinski definition) is 5. The third-order valence-electron chi connectivity index (χ3n) is 3.52. The Morgan fingerprint density at radius 3 is 2.30 bits per heavy atom. The molecular weight excluding hydrogens is 296 g/mol. The Morgan fingerprint density at radius 1 is 0.957 bits per heavy atom. The molecule has 0 aliphatic carbocycles. The maximum atomic E-state index is 12.3. The number of carbonyl (C=O) groups excluding carboxylic acids is 2. The molecule has 0 unspecified atom stereocenters. The lowest BCUT2D eigenvalue weighted by Crippen LogP contribution is -2.09. The van der Waals surface area contributed by atoms with Crippen LogP contribution in [0.1, 0.15) is 26.5 Å². The molecule has 0 amide bonds. The average molecular weight is 310 g/mol. The topological polar surface area (TPSA) is 65.7 Å². The molecule has 0 saturated heterocycles. The zero-order valence-corrected chi connectivity index (χ0v) is 12.7. The molecule has 0 N–H and O–H groups in total. The van der Waals surface area contributed by atoms with Crippen LogP contribution >= 0.6 is 0 Å². The minimum atomic E-state index is -0.579. The summed E-state index contributed by atoms with van der Waals surface area (Å²) in [6.45, 7) is 1.81. The number of methoxy groups -OCH3 is 1. The quantitative estimate of drug-likeness (QED) is 0.544. The molecule has 5 heteroatoms. The van der Waals surface area contributed by atoms with Crippen LogP contribution in [0.2, 0.25) is 0 Å². The second-order valence-electron chi connectivity index (χ2n) is 4.96. The number of rotatable bonds is 3. The summed E-state index contributed by atoms with van der Waals surface area (Å²) in [5.41, 5.74) is 1.75. The van der Waals surface area contributed by atoms with Crippen LogP contribution in [0.3, 0.4) is 0 Å². The third-order valence-corrected chi connectivity index (χ3v) is 3.52. The Bertz CT molecular complexity index is 874. The maximum Gasteiger partial charge on any atom is 0.379 e. The smallest absolute Gasteiger partial charge is 0.379 e. The summed E-state index contributed by atoms with van der Waals surface area (Å²) in [6, 6.07) is 13.5. The molecule has 3 rings (SSSR count). The number of furan rings is 1. The number of aryl methyl sites for hydroxylation is 1. The summed E-state index contributed by atoms with van der Waals surface area (Å²) in [4.78, 5) is 23.6. The summed E-state index contributed by atoms with van der Waals surface area (Å²) >= 11 is 0. The van der Waals surface area contributed by atoms with Crippen LogP contribution in [-0.2, 0) is 4.74 Å². The van der Waals surface area contributed by atoms with Crippen LogP contribution in [-0.4, -0.2) is 19.0 Å². The fourth-order valence-corrected chi connectivity index (χ4v) is 2.30. The molecular formula is C18H14O5. The zero-order chi connectivity index (χ0) is 16.4. The highest BCUT2D eigenvalue weighted by molar-refractivity contribution is 5.97. The van der Waals surface area contributed by atoms with E-state index < -0.39 is 11.9 Å². The van der Waals surface area contributed by atoms with Gasteiger partial charge in [-0.2, -0.15) is 0 Å². The lowest BCUT2D eigenvalue weighted by molar-refractivity contribution is 0.0600. The number of benzene rings is 2. The number of para-hydroxylation sites is 1. The van der Waals surface area contributed by atoms with Gasteiger partial charge in [0.25, 0.3) is 0 Å². The van der Waals surface area contributed by atoms with Gasteiger partial charge in [-0.25, -0.2) is 9.59 Å². The molecule has 1 aromatic heterocycles. The molecule has 0 saturated carbocycles. The zero-order valence-electron chi connectivity index (χ0n) is 12.7. The first-order chi connectivity index (χ1) is 11.1. The monoisotopic (exact) mass is 310 g/mol. The van der Waals surface area contributed by atoms with Gasteiger partial charge in [-0.1, -0.05) is 18.2 Å². The highest BCUT2D eigenvalue weighted by Crippen LogP contribution is 2.26. The predicted molar refractivity (Wildman–Crippen MR) is 83.7 cm³/mol. The van der Waals surface area contributed by atoms with E-state index >= 15 is 0 Å². The Hall–Kier alpha value is -3.08. The summed E-state index contributed by atoms with van der Waals surface area (Å²) in [6.07, 6.45) is 0. The fourth-order valence-electron chi connectivity index (χ4n) is 2.30. The average Bonchev–Trinajstić information content (AvgIpc) is 2.92. The van der Waals surface area contributed by atoms with Crippen molar-refractivity contribution in [3.63, 3.8) is 0 Å². The molecule has 0 bridgehead atoms. The van der Waals surface area contributed by atoms with E-state index in [1.807, 2.05) is 25.1 Å². The van der Waals surface area contributed by atoms with Crippen molar-refractivity contribution < 1.29 is 23.5 Å². The van der Waals surface area contributed by atoms with Gasteiger partial charge in [0.2, 0.25) is 5.76 Å². The molecule has 23 heavy (non-hydrogen) atoms. The molecule has 0 fully saturated rings. The Kier molecular flexibility index (Phi) is 3.85. The van der Waals surface area contributed by atoms with Crippen molar-refractivity contribution in [2.24, 2.45) is 0 Å². The standard InChI is InChI=1S/C18H14O5/c1-11-14-5-3-4-6-15(14)23-16(11)18(20)22-13-9-7-12(8-10-13)17(19)21-2/h3-10H,1-2H3. The highest BCUT2D eigenvalue weighted by Gasteiger charge is 2.19. The van der Waals surface area contributed by atoms with Crippen molar-refractivity contribution in [3.05, 3.63) is 65.4 Å². The first-order valence-electron chi connectivity index (χ1n) is 6.99. The van der Waals surface area contributed by atoms with Crippen LogP contribution in [0.15, 0.2) is 52.9 Å². The first-order valence-corrected chi connectivity index (χ1v) is 6.99. The SMILES string of the molecule is COC(=O)c1ccc(OC(=O)c2oc3ccccc3c2C)cc1. The summed E-state index contributed by atoms with van der Waals surface area (Å²) < 4.78 is 15.5. The van der Waals surface area contributed by atoms with E-state index in [4.69, 9.17) is 9.15 Å². The summed E-state index contributed by atoms with van der Waals surface area (Å²) in [5.74, 6) is -0.536. The fraction of sp³-hybridized carbons (Fsp3) is 0.111. The lowest BCUT2D eigenvalue weighted by Gasteiger charge is -2.04. The van der Waals surface area contributed by atoms with Crippen molar-refractivity contribution in [2.45, 2.75) is 6.92 Å². The van der Waals surface area contributed by atoms with Gasteiger partial charge in [-0.3, -0.25) is 0 Å². The van der Waals surface area contributed by atoms with E-state index in [1.165, 1.54) is 31.4 Å². The Morgan fingerprint density at radius 2 is 1.65 bits per heavy atom. The molecule has 1 heterocycles. The van der Waals surface area contributed by atoms with E-state index in [9.17, 15) is 9.59 Å². The van der Waals surface area contributed by atoms with Crippen molar-refractivity contribution in [1.82, 2.24) is 0 Å². The van der Waals surface area contributed by atoms with Gasteiger partial charge >= 0.3 is 11.9 Å². The van der Waals surface area contributed by atoms with Gasteiger partial charge in [0.1, 0.15) is 11.3 Å². The van der Waals surface area contributed by atoms with Gasteiger partial charge in [0.15, 0.2) is 0 Å². The second-order valence-corrected chi connectivity index (χ2v) is 4.96. The maximum absolute atomic E-state index is 12.3. The molecule has 3 aromatic rings. The number of carbonyl (C=O) groups is 2. The van der Waals surface area contributed by atoms with Crippen LogP contribution in [0, 0.1) is 6.92 Å². The van der Waals surface area contributed by atoms with Crippen LogP contribution in [0.4, 0.5) is 0 Å². The summed E-state index contributed by atoms with van der Waals surface area (Å²) in [7, 11) is 1.31. The number of ether oxygens (including phenoxy) is 2. The molecule has 0 radical (unpaired) electrons. The van der Waals surface area contributed by atoms with E-state index in [1.54, 1.807) is 6.07 Å². The molecule has 5 nitrogen and oxygen atoms in total. The predicted octanol–water partition coefficient (Wildman–Crippen LogP) is 3.75. The van der Waals surface area contributed by atoms with Gasteiger partial charge in [-0.05, 0) is 37.3 Å². The van der Waals surface area contributed by atoms with Crippen molar-refractivity contribution in [2.75, 3.05) is 7.11 Å². The number of fused-ring (bicyclic) bond motifs is 1. The van der Waals surface area contributed by atoms with E-state index in [-0.39, 0.29) is 5.76 Å². The largest absolute Gasteiger partial charge is 0.465 e. The number of esters is 2. The second kappa shape index (κ2) is 5.96. The number of hydrogen-bond donors (Lipinski definition) is 0. The van der Waals surface area contributed by atoms with Crippen LogP contribution in [0.25, 0.3) is 11.0 Å². The van der Waals surface area contributed by atoms with E-state index in [0.717, 1.165) is 10.9 Å². The normalized spacial score (nSPS) is 10.5. The molecule has 0 aliphatic heterocycles. The minimum absolute atomic E-state index is 0.170. The Labute approximate surface area is 132 Å². The molecule has 2 aromatic carbocycles. The van der Waals surface area contributed by atoms with Crippen molar-refractivity contribution in [1.29, 1.82) is 0 Å². The van der Waals surface area contributed by atoms with Crippen molar-refractivity contribution >= 4 is 22.9 Å². The van der Waals surface area contributed by atoms with Gasteiger partial charge < -0.3 is 13.9 Å². The van der Waals surface area contributed by atoms with Gasteiger partial charge in [0, 0.05) is 10.9 Å². The molecule has 0 spiro atoms. The molecule has 116 valence electrons. The van der Waals surface area contributed by atoms with E-state index in [2.05, 4.69) is 4.74 Å². The van der Waals surface area contributed by atoms with Gasteiger partial charge in [-0.15, -0.1) is 0 Å². The third kappa shape index (κ3) is 2.81. The first kappa shape index (κ1) is 14.8. The lowest BCUT2D eigenvalue weighted by atomic mass is 10.1. The summed E-state index contributed by atoms with van der Waals surface area (Å²) in [5, 5.41) is 0.875. The van der Waals surface area contributed by atoms with Crippen LogP contribution < -0.4 is 4.74 Å². The molecule has 0 aliphatic rings. The Balaban J connectivity index is 1.83.